The number of anilines is 2. The normalized spacial score (nSPS) is 13.0. The van der Waals surface area contributed by atoms with Crippen LogP contribution in [0.2, 0.25) is 0 Å². The molecule has 0 aliphatic heterocycles. The first kappa shape index (κ1) is 31.0. The molecule has 2 aromatic carbocycles. The Hall–Kier alpha value is -4.55. The van der Waals surface area contributed by atoms with E-state index >= 15 is 0 Å². The average molecular weight is 594 g/mol. The SMILES string of the molecule is CCOC(=O)C(N)(c1ccc(C#Cc2cc(Cc3cnc(N)nc3N)cc(OC)c2OC)cc1)S(=O)(=O)C(F)(F)F. The first-order valence-electron chi connectivity index (χ1n) is 11.7. The zero-order valence-electron chi connectivity index (χ0n) is 22.1. The Morgan fingerprint density at radius 2 is 1.71 bits per heavy atom. The highest BCUT2D eigenvalue weighted by atomic mass is 32.2. The van der Waals surface area contributed by atoms with E-state index in [0.717, 1.165) is 12.1 Å². The maximum atomic E-state index is 13.4. The van der Waals surface area contributed by atoms with Crippen molar-refractivity contribution in [3.63, 3.8) is 0 Å². The third-order valence-corrected chi connectivity index (χ3v) is 7.67. The van der Waals surface area contributed by atoms with E-state index in [2.05, 4.69) is 26.5 Å². The summed E-state index contributed by atoms with van der Waals surface area (Å²) in [5.41, 5.74) is 12.6. The predicted octanol–water partition coefficient (Wildman–Crippen LogP) is 2.26. The third kappa shape index (κ3) is 6.13. The second-order valence-electron chi connectivity index (χ2n) is 8.43. The van der Waals surface area contributed by atoms with Gasteiger partial charge in [0.15, 0.2) is 11.5 Å². The first-order chi connectivity index (χ1) is 19.2. The fourth-order valence-corrected chi connectivity index (χ4v) is 4.84. The number of nitrogen functional groups attached to an aromatic ring is 2. The lowest BCUT2D eigenvalue weighted by Crippen LogP contribution is -2.56. The smallest absolute Gasteiger partial charge is 0.493 e. The van der Waals surface area contributed by atoms with E-state index in [-0.39, 0.29) is 17.3 Å². The topological polar surface area (TPSA) is 183 Å². The number of hydrogen-bond acceptors (Lipinski definition) is 11. The monoisotopic (exact) mass is 593 g/mol. The van der Waals surface area contributed by atoms with Crippen molar-refractivity contribution in [2.75, 3.05) is 32.3 Å². The summed E-state index contributed by atoms with van der Waals surface area (Å²) in [5.74, 6) is 4.85. The van der Waals surface area contributed by atoms with Gasteiger partial charge in [0, 0.05) is 23.7 Å². The van der Waals surface area contributed by atoms with Gasteiger partial charge in [0.05, 0.1) is 26.4 Å². The van der Waals surface area contributed by atoms with Crippen LogP contribution in [0.4, 0.5) is 24.9 Å². The van der Waals surface area contributed by atoms with Crippen LogP contribution in [-0.4, -0.2) is 50.7 Å². The molecule has 1 unspecified atom stereocenters. The lowest BCUT2D eigenvalue weighted by molar-refractivity contribution is -0.147. The molecule has 1 aromatic heterocycles. The molecule has 0 radical (unpaired) electrons. The van der Waals surface area contributed by atoms with E-state index in [0.29, 0.717) is 34.6 Å². The summed E-state index contributed by atoms with van der Waals surface area (Å²) >= 11 is 0. The zero-order valence-corrected chi connectivity index (χ0v) is 22.9. The minimum absolute atomic E-state index is 0.0290. The number of benzene rings is 2. The van der Waals surface area contributed by atoms with Crippen LogP contribution in [-0.2, 0) is 30.7 Å². The largest absolute Gasteiger partial charge is 0.500 e. The quantitative estimate of drug-likeness (QED) is 0.257. The number of esters is 1. The first-order valence-corrected chi connectivity index (χ1v) is 13.2. The number of carbonyl (C=O) groups excluding carboxylic acids is 1. The minimum Gasteiger partial charge on any atom is -0.493 e. The van der Waals surface area contributed by atoms with E-state index in [1.165, 1.54) is 39.5 Å². The zero-order chi connectivity index (χ0) is 30.6. The van der Waals surface area contributed by atoms with Crippen molar-refractivity contribution < 1.29 is 40.6 Å². The standard InChI is InChI=1S/C26H26F3N5O6S/c1-4-40-23(35)25(32,41(36,37)26(27,28)29)19-9-6-15(7-10-19)5-8-17-11-16(13-20(38-2)21(17)39-3)12-18-14-33-24(31)34-22(18)30/h6-7,9-11,13-14H,4,12,32H2,1-3H3,(H4,30,31,33,34). The minimum atomic E-state index is -6.22. The Bertz CT molecular complexity index is 1620. The molecule has 0 amide bonds. The van der Waals surface area contributed by atoms with Gasteiger partial charge < -0.3 is 25.7 Å². The number of rotatable bonds is 8. The number of sulfone groups is 1. The summed E-state index contributed by atoms with van der Waals surface area (Å²) in [6.45, 7) is 0.908. The number of nitrogens with zero attached hydrogens (tertiary/aromatic N) is 2. The fraction of sp³-hybridized carbons (Fsp3) is 0.269. The van der Waals surface area contributed by atoms with Crippen molar-refractivity contribution in [1.82, 2.24) is 9.97 Å². The molecule has 0 aliphatic carbocycles. The lowest BCUT2D eigenvalue weighted by Gasteiger charge is -2.28. The van der Waals surface area contributed by atoms with Crippen molar-refractivity contribution in [1.29, 1.82) is 0 Å². The average Bonchev–Trinajstić information content (AvgIpc) is 2.92. The highest BCUT2D eigenvalue weighted by Crippen LogP contribution is 2.38. The van der Waals surface area contributed by atoms with Crippen LogP contribution in [0.3, 0.4) is 0 Å². The van der Waals surface area contributed by atoms with E-state index in [9.17, 15) is 26.4 Å². The molecular formula is C26H26F3N5O6S. The number of carbonyl (C=O) groups is 1. The Morgan fingerprint density at radius 1 is 1.05 bits per heavy atom. The third-order valence-electron chi connectivity index (χ3n) is 5.81. The molecular weight excluding hydrogens is 567 g/mol. The van der Waals surface area contributed by atoms with E-state index in [1.54, 1.807) is 12.1 Å². The summed E-state index contributed by atoms with van der Waals surface area (Å²) in [7, 11) is -3.36. The number of alkyl halides is 3. The van der Waals surface area contributed by atoms with Crippen LogP contribution >= 0.6 is 0 Å². The highest BCUT2D eigenvalue weighted by Gasteiger charge is 2.63. The van der Waals surface area contributed by atoms with E-state index < -0.39 is 38.4 Å². The molecule has 1 atom stereocenters. The van der Waals surface area contributed by atoms with Crippen LogP contribution < -0.4 is 26.7 Å². The molecule has 0 saturated carbocycles. The van der Waals surface area contributed by atoms with Crippen LogP contribution in [0.1, 0.15) is 34.7 Å². The van der Waals surface area contributed by atoms with Crippen LogP contribution in [0.25, 0.3) is 0 Å². The second kappa shape index (κ2) is 11.9. The summed E-state index contributed by atoms with van der Waals surface area (Å²) in [5, 5.41) is 0. The molecule has 6 N–H and O–H groups in total. The molecule has 0 aliphatic rings. The predicted molar refractivity (Wildman–Crippen MR) is 143 cm³/mol. The van der Waals surface area contributed by atoms with Crippen molar-refractivity contribution in [2.45, 2.75) is 23.7 Å². The lowest BCUT2D eigenvalue weighted by atomic mass is 10.0. The van der Waals surface area contributed by atoms with Gasteiger partial charge in [-0.25, -0.2) is 18.2 Å². The van der Waals surface area contributed by atoms with Gasteiger partial charge in [-0.1, -0.05) is 24.0 Å². The molecule has 11 nitrogen and oxygen atoms in total. The Balaban J connectivity index is 2.04. The molecule has 0 saturated heterocycles. The number of nitrogens with two attached hydrogens (primary N) is 3. The Morgan fingerprint density at radius 3 is 2.24 bits per heavy atom. The van der Waals surface area contributed by atoms with Gasteiger partial charge in [0.25, 0.3) is 14.7 Å². The van der Waals surface area contributed by atoms with Crippen LogP contribution in [0, 0.1) is 11.8 Å². The number of hydrogen-bond donors (Lipinski definition) is 3. The molecule has 218 valence electrons. The molecule has 0 bridgehead atoms. The van der Waals surface area contributed by atoms with Crippen molar-refractivity contribution in [3.05, 3.63) is 70.4 Å². The molecule has 1 heterocycles. The summed E-state index contributed by atoms with van der Waals surface area (Å²) in [4.78, 5) is 16.8. The summed E-state index contributed by atoms with van der Waals surface area (Å²) < 4.78 is 80.3. The van der Waals surface area contributed by atoms with Crippen LogP contribution in [0.5, 0.6) is 11.5 Å². The van der Waals surface area contributed by atoms with Crippen molar-refractivity contribution >= 4 is 27.6 Å². The van der Waals surface area contributed by atoms with Crippen molar-refractivity contribution in [3.8, 4) is 23.3 Å². The van der Waals surface area contributed by atoms with Crippen molar-refractivity contribution in [2.24, 2.45) is 5.73 Å². The maximum absolute atomic E-state index is 13.4. The molecule has 0 fully saturated rings. The van der Waals surface area contributed by atoms with Gasteiger partial charge >= 0.3 is 11.5 Å². The van der Waals surface area contributed by atoms with E-state index in [4.69, 9.17) is 26.7 Å². The molecule has 3 aromatic rings. The van der Waals surface area contributed by atoms with Gasteiger partial charge in [-0.2, -0.15) is 18.2 Å². The summed E-state index contributed by atoms with van der Waals surface area (Å²) in [6, 6.07) is 7.78. The fourth-order valence-electron chi connectivity index (χ4n) is 3.75. The Kier molecular flexibility index (Phi) is 9.00. The Labute approximate surface area is 233 Å². The molecule has 0 spiro atoms. The van der Waals surface area contributed by atoms with E-state index in [1.807, 2.05) is 0 Å². The number of ether oxygens (including phenoxy) is 3. The molecule has 3 rings (SSSR count). The van der Waals surface area contributed by atoms with Gasteiger partial charge in [-0.3, -0.25) is 5.73 Å². The number of methoxy groups -OCH3 is 2. The second-order valence-corrected chi connectivity index (χ2v) is 10.5. The molecule has 41 heavy (non-hydrogen) atoms. The highest BCUT2D eigenvalue weighted by molar-refractivity contribution is 7.93. The van der Waals surface area contributed by atoms with Gasteiger partial charge in [0.2, 0.25) is 5.95 Å². The van der Waals surface area contributed by atoms with Gasteiger partial charge in [-0.05, 0) is 42.3 Å². The van der Waals surface area contributed by atoms with Crippen LogP contribution in [0.15, 0.2) is 42.6 Å². The van der Waals surface area contributed by atoms with Gasteiger partial charge in [0.1, 0.15) is 5.82 Å². The molecule has 15 heteroatoms. The van der Waals surface area contributed by atoms with Gasteiger partial charge in [-0.15, -0.1) is 0 Å². The maximum Gasteiger partial charge on any atom is 0.500 e. The summed E-state index contributed by atoms with van der Waals surface area (Å²) in [6.07, 6.45) is 1.80. The number of halogens is 3. The number of aromatic nitrogens is 2.